The number of halogens is 3. The van der Waals surface area contributed by atoms with Gasteiger partial charge in [0.25, 0.3) is 0 Å². The first-order valence-electron chi connectivity index (χ1n) is 3.13. The van der Waals surface area contributed by atoms with Gasteiger partial charge in [-0.3, -0.25) is 0 Å². The van der Waals surface area contributed by atoms with Crippen LogP contribution in [0.1, 0.15) is 6.42 Å². The van der Waals surface area contributed by atoms with Gasteiger partial charge in [-0.15, -0.1) is 0 Å². The molecule has 62 valence electrons. The Hall–Kier alpha value is -0.900. The second kappa shape index (κ2) is 2.62. The summed E-state index contributed by atoms with van der Waals surface area (Å²) in [5.74, 6) is -1.70. The summed E-state index contributed by atoms with van der Waals surface area (Å²) < 4.78 is 35.4. The molecule has 1 aliphatic carbocycles. The van der Waals surface area contributed by atoms with Crippen LogP contribution in [0.25, 0.3) is 10.4 Å². The highest BCUT2D eigenvalue weighted by Crippen LogP contribution is 2.49. The van der Waals surface area contributed by atoms with E-state index in [-0.39, 0.29) is 13.0 Å². The molecule has 0 aromatic rings. The minimum atomic E-state index is -4.10. The highest BCUT2D eigenvalue weighted by molar-refractivity contribution is 4.92. The van der Waals surface area contributed by atoms with E-state index in [0.717, 1.165) is 0 Å². The van der Waals surface area contributed by atoms with Crippen molar-refractivity contribution in [2.75, 3.05) is 6.54 Å². The number of nitrogens with zero attached hydrogens (tertiary/aromatic N) is 3. The topological polar surface area (TPSA) is 48.8 Å². The molecule has 0 spiro atoms. The summed E-state index contributed by atoms with van der Waals surface area (Å²) in [6, 6.07) is 0. The summed E-state index contributed by atoms with van der Waals surface area (Å²) in [5.41, 5.74) is 7.81. The largest absolute Gasteiger partial charge is 0.392 e. The average Bonchev–Trinajstić information content (AvgIpc) is 2.60. The van der Waals surface area contributed by atoms with Gasteiger partial charge in [-0.1, -0.05) is 5.11 Å². The number of hydrogen-bond donors (Lipinski definition) is 0. The predicted molar refractivity (Wildman–Crippen MR) is 31.7 cm³/mol. The van der Waals surface area contributed by atoms with Gasteiger partial charge >= 0.3 is 6.18 Å². The van der Waals surface area contributed by atoms with Crippen LogP contribution in [-0.2, 0) is 0 Å². The fourth-order valence-corrected chi connectivity index (χ4v) is 0.992. The SMILES string of the molecule is [N-]=[N+]=NC[C@@H]1C[C@H]1C(F)(F)F. The summed E-state index contributed by atoms with van der Waals surface area (Å²) in [5, 5.41) is 3.08. The molecule has 1 fully saturated rings. The highest BCUT2D eigenvalue weighted by atomic mass is 19.4. The molecule has 11 heavy (non-hydrogen) atoms. The van der Waals surface area contributed by atoms with Gasteiger partial charge in [0.05, 0.1) is 5.92 Å². The first-order chi connectivity index (χ1) is 5.05. The zero-order valence-corrected chi connectivity index (χ0v) is 5.54. The summed E-state index contributed by atoms with van der Waals surface area (Å²) in [7, 11) is 0. The third kappa shape index (κ3) is 2.01. The molecule has 0 aliphatic heterocycles. The molecule has 0 saturated heterocycles. The van der Waals surface area contributed by atoms with E-state index in [2.05, 4.69) is 10.0 Å². The zero-order chi connectivity index (χ0) is 8.48. The quantitative estimate of drug-likeness (QED) is 0.343. The van der Waals surface area contributed by atoms with E-state index < -0.39 is 18.0 Å². The number of hydrogen-bond acceptors (Lipinski definition) is 1. The Labute approximate surface area is 60.8 Å². The van der Waals surface area contributed by atoms with Gasteiger partial charge in [0.1, 0.15) is 0 Å². The first-order valence-corrected chi connectivity index (χ1v) is 3.13. The molecule has 0 unspecified atom stereocenters. The van der Waals surface area contributed by atoms with Crippen LogP contribution < -0.4 is 0 Å². The smallest absolute Gasteiger partial charge is 0.171 e. The van der Waals surface area contributed by atoms with Crippen molar-refractivity contribution < 1.29 is 13.2 Å². The van der Waals surface area contributed by atoms with Crippen LogP contribution in [0, 0.1) is 11.8 Å². The van der Waals surface area contributed by atoms with Gasteiger partial charge in [0.2, 0.25) is 0 Å². The summed E-state index contributed by atoms with van der Waals surface area (Å²) in [6.07, 6.45) is -3.99. The van der Waals surface area contributed by atoms with Crippen molar-refractivity contribution >= 4 is 0 Å². The molecule has 0 radical (unpaired) electrons. The van der Waals surface area contributed by atoms with E-state index >= 15 is 0 Å². The van der Waals surface area contributed by atoms with E-state index in [1.807, 2.05) is 0 Å². The van der Waals surface area contributed by atoms with Crippen LogP contribution in [0.4, 0.5) is 13.2 Å². The molecule has 3 nitrogen and oxygen atoms in total. The van der Waals surface area contributed by atoms with E-state index in [9.17, 15) is 13.2 Å². The summed E-state index contributed by atoms with van der Waals surface area (Å²) >= 11 is 0. The molecule has 0 heterocycles. The van der Waals surface area contributed by atoms with Crippen molar-refractivity contribution in [3.05, 3.63) is 10.4 Å². The Morgan fingerprint density at radius 1 is 1.55 bits per heavy atom. The van der Waals surface area contributed by atoms with Crippen molar-refractivity contribution in [2.24, 2.45) is 17.0 Å². The lowest BCUT2D eigenvalue weighted by Crippen LogP contribution is -2.12. The van der Waals surface area contributed by atoms with Gasteiger partial charge in [0.15, 0.2) is 0 Å². The van der Waals surface area contributed by atoms with Gasteiger partial charge < -0.3 is 0 Å². The van der Waals surface area contributed by atoms with Crippen molar-refractivity contribution in [3.63, 3.8) is 0 Å². The number of azide groups is 1. The summed E-state index contributed by atoms with van der Waals surface area (Å²) in [6.45, 7) is -0.0271. The number of rotatable bonds is 2. The van der Waals surface area contributed by atoms with Crippen molar-refractivity contribution in [3.8, 4) is 0 Å². The third-order valence-electron chi connectivity index (χ3n) is 1.72. The average molecular weight is 165 g/mol. The van der Waals surface area contributed by atoms with E-state index in [0.29, 0.717) is 0 Å². The Kier molecular flexibility index (Phi) is 1.95. The Morgan fingerprint density at radius 2 is 2.18 bits per heavy atom. The Morgan fingerprint density at radius 3 is 2.55 bits per heavy atom. The molecule has 2 atom stereocenters. The van der Waals surface area contributed by atoms with Crippen molar-refractivity contribution in [1.82, 2.24) is 0 Å². The van der Waals surface area contributed by atoms with Gasteiger partial charge in [-0.25, -0.2) is 0 Å². The normalized spacial score (nSPS) is 29.4. The Balaban J connectivity index is 2.32. The lowest BCUT2D eigenvalue weighted by molar-refractivity contribution is -0.150. The number of alkyl halides is 3. The molecular weight excluding hydrogens is 159 g/mol. The zero-order valence-electron chi connectivity index (χ0n) is 5.54. The van der Waals surface area contributed by atoms with Crippen LogP contribution >= 0.6 is 0 Å². The van der Waals surface area contributed by atoms with Crippen LogP contribution in [0.3, 0.4) is 0 Å². The fraction of sp³-hybridized carbons (Fsp3) is 1.00. The minimum absolute atomic E-state index is 0.0271. The molecular formula is C5H6F3N3. The van der Waals surface area contributed by atoms with Gasteiger partial charge in [0, 0.05) is 11.5 Å². The maximum atomic E-state index is 11.8. The molecule has 0 amide bonds. The van der Waals surface area contributed by atoms with Crippen LogP contribution in [-0.4, -0.2) is 12.7 Å². The molecule has 0 N–H and O–H groups in total. The summed E-state index contributed by atoms with van der Waals surface area (Å²) in [4.78, 5) is 2.39. The third-order valence-corrected chi connectivity index (χ3v) is 1.72. The molecule has 1 saturated carbocycles. The van der Waals surface area contributed by atoms with Crippen LogP contribution in [0.15, 0.2) is 5.11 Å². The lowest BCUT2D eigenvalue weighted by atomic mass is 10.3. The van der Waals surface area contributed by atoms with Crippen molar-refractivity contribution in [2.45, 2.75) is 12.6 Å². The maximum Gasteiger partial charge on any atom is 0.392 e. The highest BCUT2D eigenvalue weighted by Gasteiger charge is 2.54. The monoisotopic (exact) mass is 165 g/mol. The standard InChI is InChI=1S/C5H6F3N3/c6-5(7,8)4-1-3(4)2-10-11-9/h3-4H,1-2H2/t3-,4+/m0/s1. The molecule has 1 aliphatic rings. The van der Waals surface area contributed by atoms with E-state index in [1.165, 1.54) is 0 Å². The molecule has 0 aromatic heterocycles. The molecule has 0 aromatic carbocycles. The van der Waals surface area contributed by atoms with E-state index in [1.54, 1.807) is 0 Å². The lowest BCUT2D eigenvalue weighted by Gasteiger charge is -2.02. The first kappa shape index (κ1) is 8.20. The van der Waals surface area contributed by atoms with E-state index in [4.69, 9.17) is 5.53 Å². The van der Waals surface area contributed by atoms with Gasteiger partial charge in [-0.2, -0.15) is 13.2 Å². The Bertz CT molecular complexity index is 194. The predicted octanol–water partition coefficient (Wildman–Crippen LogP) is 2.50. The second-order valence-electron chi connectivity index (χ2n) is 2.56. The molecule has 1 rings (SSSR count). The van der Waals surface area contributed by atoms with Crippen LogP contribution in [0.5, 0.6) is 0 Å². The van der Waals surface area contributed by atoms with Crippen molar-refractivity contribution in [1.29, 1.82) is 0 Å². The van der Waals surface area contributed by atoms with Gasteiger partial charge in [-0.05, 0) is 17.9 Å². The van der Waals surface area contributed by atoms with Crippen LogP contribution in [0.2, 0.25) is 0 Å². The maximum absolute atomic E-state index is 11.8. The molecule has 0 bridgehead atoms. The molecule has 6 heteroatoms. The fourth-order valence-electron chi connectivity index (χ4n) is 0.992. The second-order valence-corrected chi connectivity index (χ2v) is 2.56. The minimum Gasteiger partial charge on any atom is -0.171 e.